The maximum absolute atomic E-state index is 5.53. The summed E-state index contributed by atoms with van der Waals surface area (Å²) in [5.74, 6) is 2.32. The van der Waals surface area contributed by atoms with Crippen LogP contribution < -0.4 is 0 Å². The van der Waals surface area contributed by atoms with Crippen LogP contribution in [0.15, 0.2) is 0 Å². The molecule has 0 radical (unpaired) electrons. The van der Waals surface area contributed by atoms with Crippen molar-refractivity contribution in [3.8, 4) is 0 Å². The normalized spacial score (nSPS) is 14.1. The lowest BCUT2D eigenvalue weighted by Gasteiger charge is -2.15. The van der Waals surface area contributed by atoms with E-state index in [1.54, 1.807) is 0 Å². The quantitative estimate of drug-likeness (QED) is 0.550. The Kier molecular flexibility index (Phi) is 7.35. The van der Waals surface area contributed by atoms with Gasteiger partial charge in [-0.15, -0.1) is 0 Å². The first-order valence-electron chi connectivity index (χ1n) is 5.61. The molecule has 0 heterocycles. The van der Waals surface area contributed by atoms with Gasteiger partial charge in [0.15, 0.2) is 0 Å². The molecule has 0 unspecified atom stereocenters. The van der Waals surface area contributed by atoms with E-state index in [1.807, 2.05) is 0 Å². The molecular weight excluding hydrogens is 160 g/mol. The Hall–Kier alpha value is -0.0400. The molecule has 0 aliphatic heterocycles. The van der Waals surface area contributed by atoms with Gasteiger partial charge in [-0.1, -0.05) is 34.6 Å². The molecular formula is C12H26O. The molecule has 0 aliphatic carbocycles. The summed E-state index contributed by atoms with van der Waals surface area (Å²) in [6.45, 7) is 13.1. The van der Waals surface area contributed by atoms with E-state index in [2.05, 4.69) is 34.6 Å². The zero-order valence-electron chi connectivity index (χ0n) is 9.97. The molecule has 0 saturated heterocycles. The topological polar surface area (TPSA) is 9.23 Å². The number of ether oxygens (including phenoxy) is 1. The third kappa shape index (κ3) is 8.29. The highest BCUT2D eigenvalue weighted by Gasteiger charge is 2.05. The van der Waals surface area contributed by atoms with Crippen molar-refractivity contribution in [2.45, 2.75) is 47.5 Å². The van der Waals surface area contributed by atoms with E-state index >= 15 is 0 Å². The average Bonchev–Trinajstić information content (AvgIpc) is 2.02. The van der Waals surface area contributed by atoms with Crippen LogP contribution in [0, 0.1) is 17.8 Å². The monoisotopic (exact) mass is 186 g/mol. The molecule has 1 atom stereocenters. The van der Waals surface area contributed by atoms with Crippen molar-refractivity contribution in [3.63, 3.8) is 0 Å². The van der Waals surface area contributed by atoms with Crippen molar-refractivity contribution in [1.29, 1.82) is 0 Å². The van der Waals surface area contributed by atoms with E-state index in [9.17, 15) is 0 Å². The SMILES string of the molecule is CC(C)COCCC[C@H](C)C(C)C. The lowest BCUT2D eigenvalue weighted by atomic mass is 9.93. The van der Waals surface area contributed by atoms with Crippen LogP contribution in [0.2, 0.25) is 0 Å². The van der Waals surface area contributed by atoms with Crippen molar-refractivity contribution in [2.75, 3.05) is 13.2 Å². The van der Waals surface area contributed by atoms with Crippen LogP contribution >= 0.6 is 0 Å². The van der Waals surface area contributed by atoms with Crippen LogP contribution in [0.5, 0.6) is 0 Å². The molecule has 0 aliphatic rings. The highest BCUT2D eigenvalue weighted by molar-refractivity contribution is 4.56. The van der Waals surface area contributed by atoms with Gasteiger partial charge in [-0.2, -0.15) is 0 Å². The standard InChI is InChI=1S/C12H26O/c1-10(2)9-13-8-6-7-12(5)11(3)4/h10-12H,6-9H2,1-5H3/t12-/m0/s1. The van der Waals surface area contributed by atoms with Gasteiger partial charge in [-0.25, -0.2) is 0 Å². The summed E-state index contributed by atoms with van der Waals surface area (Å²) in [6, 6.07) is 0. The molecule has 0 fully saturated rings. The zero-order valence-corrected chi connectivity index (χ0v) is 9.97. The Morgan fingerprint density at radius 2 is 1.62 bits per heavy atom. The number of hydrogen-bond donors (Lipinski definition) is 0. The minimum absolute atomic E-state index is 0.669. The Morgan fingerprint density at radius 3 is 2.08 bits per heavy atom. The second kappa shape index (κ2) is 7.37. The minimum atomic E-state index is 0.669. The van der Waals surface area contributed by atoms with Crippen molar-refractivity contribution in [1.82, 2.24) is 0 Å². The molecule has 80 valence electrons. The maximum Gasteiger partial charge on any atom is 0.0488 e. The van der Waals surface area contributed by atoms with Crippen LogP contribution in [0.3, 0.4) is 0 Å². The van der Waals surface area contributed by atoms with Crippen molar-refractivity contribution >= 4 is 0 Å². The van der Waals surface area contributed by atoms with Gasteiger partial charge in [-0.3, -0.25) is 0 Å². The first-order chi connectivity index (χ1) is 6.04. The fourth-order valence-corrected chi connectivity index (χ4v) is 1.16. The molecule has 0 N–H and O–H groups in total. The maximum atomic E-state index is 5.53. The van der Waals surface area contributed by atoms with Crippen molar-refractivity contribution in [3.05, 3.63) is 0 Å². The Morgan fingerprint density at radius 1 is 1.00 bits per heavy atom. The Labute approximate surface area is 83.9 Å². The van der Waals surface area contributed by atoms with E-state index < -0.39 is 0 Å². The summed E-state index contributed by atoms with van der Waals surface area (Å²) < 4.78 is 5.53. The van der Waals surface area contributed by atoms with Gasteiger partial charge >= 0.3 is 0 Å². The third-order valence-electron chi connectivity index (χ3n) is 2.54. The number of hydrogen-bond acceptors (Lipinski definition) is 1. The molecule has 1 nitrogen and oxygen atoms in total. The molecule has 0 saturated carbocycles. The van der Waals surface area contributed by atoms with Gasteiger partial charge in [0.05, 0.1) is 0 Å². The summed E-state index contributed by atoms with van der Waals surface area (Å²) in [5, 5.41) is 0. The van der Waals surface area contributed by atoms with E-state index in [4.69, 9.17) is 4.74 Å². The summed E-state index contributed by atoms with van der Waals surface area (Å²) in [5.41, 5.74) is 0. The lowest BCUT2D eigenvalue weighted by molar-refractivity contribution is 0.103. The van der Waals surface area contributed by atoms with Gasteiger partial charge in [-0.05, 0) is 30.6 Å². The molecule has 0 bridgehead atoms. The second-order valence-electron chi connectivity index (χ2n) is 4.83. The van der Waals surface area contributed by atoms with Crippen LogP contribution in [0.4, 0.5) is 0 Å². The molecule has 0 aromatic rings. The van der Waals surface area contributed by atoms with Gasteiger partial charge in [0.25, 0.3) is 0 Å². The van der Waals surface area contributed by atoms with Crippen molar-refractivity contribution in [2.24, 2.45) is 17.8 Å². The second-order valence-corrected chi connectivity index (χ2v) is 4.83. The molecule has 0 aromatic heterocycles. The molecule has 0 rings (SSSR count). The predicted molar refractivity (Wildman–Crippen MR) is 58.9 cm³/mol. The van der Waals surface area contributed by atoms with Gasteiger partial charge in [0, 0.05) is 13.2 Å². The Bertz CT molecular complexity index is 108. The summed E-state index contributed by atoms with van der Waals surface area (Å²) >= 11 is 0. The highest BCUT2D eigenvalue weighted by Crippen LogP contribution is 2.15. The minimum Gasteiger partial charge on any atom is -0.381 e. The number of rotatable bonds is 7. The first kappa shape index (κ1) is 13.0. The smallest absolute Gasteiger partial charge is 0.0488 e. The fraction of sp³-hybridized carbons (Fsp3) is 1.00. The largest absolute Gasteiger partial charge is 0.381 e. The van der Waals surface area contributed by atoms with Crippen molar-refractivity contribution < 1.29 is 4.74 Å². The van der Waals surface area contributed by atoms with Crippen LogP contribution in [-0.2, 0) is 4.74 Å². The van der Waals surface area contributed by atoms with E-state index in [0.29, 0.717) is 5.92 Å². The zero-order chi connectivity index (χ0) is 10.3. The van der Waals surface area contributed by atoms with Gasteiger partial charge in [0.1, 0.15) is 0 Å². The highest BCUT2D eigenvalue weighted by atomic mass is 16.5. The van der Waals surface area contributed by atoms with E-state index in [-0.39, 0.29) is 0 Å². The van der Waals surface area contributed by atoms with Crippen LogP contribution in [-0.4, -0.2) is 13.2 Å². The molecule has 0 spiro atoms. The van der Waals surface area contributed by atoms with E-state index in [0.717, 1.165) is 25.0 Å². The van der Waals surface area contributed by atoms with Crippen LogP contribution in [0.1, 0.15) is 47.5 Å². The first-order valence-corrected chi connectivity index (χ1v) is 5.61. The third-order valence-corrected chi connectivity index (χ3v) is 2.54. The fourth-order valence-electron chi connectivity index (χ4n) is 1.16. The van der Waals surface area contributed by atoms with Gasteiger partial charge in [0.2, 0.25) is 0 Å². The summed E-state index contributed by atoms with van der Waals surface area (Å²) in [4.78, 5) is 0. The molecule has 1 heteroatoms. The van der Waals surface area contributed by atoms with E-state index in [1.165, 1.54) is 12.8 Å². The predicted octanol–water partition coefficient (Wildman–Crippen LogP) is 3.73. The lowest BCUT2D eigenvalue weighted by Crippen LogP contribution is -2.07. The van der Waals surface area contributed by atoms with Crippen LogP contribution in [0.25, 0.3) is 0 Å². The average molecular weight is 186 g/mol. The summed E-state index contributed by atoms with van der Waals surface area (Å²) in [7, 11) is 0. The molecule has 0 amide bonds. The Balaban J connectivity index is 3.16. The molecule has 0 aromatic carbocycles. The van der Waals surface area contributed by atoms with Gasteiger partial charge < -0.3 is 4.74 Å². The molecule has 13 heavy (non-hydrogen) atoms. The summed E-state index contributed by atoms with van der Waals surface area (Å²) in [6.07, 6.45) is 2.52.